The largest absolute Gasteiger partial charge is 0.383 e. The second-order valence-electron chi connectivity index (χ2n) is 6.12. The number of thiazole rings is 1. The van der Waals surface area contributed by atoms with Crippen molar-refractivity contribution in [2.45, 2.75) is 39.2 Å². The Balaban J connectivity index is 0.00000338. The summed E-state index contributed by atoms with van der Waals surface area (Å²) >= 11 is 1.75. The van der Waals surface area contributed by atoms with Crippen molar-refractivity contribution in [3.8, 4) is 0 Å². The lowest BCUT2D eigenvalue weighted by atomic mass is 10.0. The van der Waals surface area contributed by atoms with Gasteiger partial charge in [-0.25, -0.2) is 9.98 Å². The predicted octanol–water partition coefficient (Wildman–Crippen LogP) is 2.06. The maximum Gasteiger partial charge on any atom is 0.191 e. The van der Waals surface area contributed by atoms with Crippen LogP contribution >= 0.6 is 35.3 Å². The minimum Gasteiger partial charge on any atom is -0.383 e. The summed E-state index contributed by atoms with van der Waals surface area (Å²) in [5.74, 6) is 0.693. The van der Waals surface area contributed by atoms with Gasteiger partial charge in [0.15, 0.2) is 5.96 Å². The van der Waals surface area contributed by atoms with Gasteiger partial charge in [-0.3, -0.25) is 4.68 Å². The summed E-state index contributed by atoms with van der Waals surface area (Å²) in [6, 6.07) is 0. The summed E-state index contributed by atoms with van der Waals surface area (Å²) in [6.45, 7) is 7.67. The quantitative estimate of drug-likeness (QED) is 0.299. The molecule has 0 spiro atoms. The second-order valence-corrected chi connectivity index (χ2v) is 7.32. The first kappa shape index (κ1) is 22.8. The fraction of sp³-hybridized carbons (Fsp3) is 0.588. The van der Waals surface area contributed by atoms with Crippen molar-refractivity contribution in [3.63, 3.8) is 0 Å². The lowest BCUT2D eigenvalue weighted by Gasteiger charge is -2.20. The van der Waals surface area contributed by atoms with Gasteiger partial charge in [-0.2, -0.15) is 5.10 Å². The van der Waals surface area contributed by atoms with Gasteiger partial charge in [-0.15, -0.1) is 35.3 Å². The van der Waals surface area contributed by atoms with E-state index in [0.29, 0.717) is 5.96 Å². The molecular formula is C17H29IN6OS. The predicted molar refractivity (Wildman–Crippen MR) is 117 cm³/mol. The van der Waals surface area contributed by atoms with Crippen LogP contribution in [-0.4, -0.2) is 45.5 Å². The highest BCUT2D eigenvalue weighted by atomic mass is 127. The molecular weight excluding hydrogens is 463 g/mol. The molecule has 0 aliphatic rings. The number of aliphatic imine (C=N–C) groups is 1. The highest BCUT2D eigenvalue weighted by molar-refractivity contribution is 14.0. The topological polar surface area (TPSA) is 87.4 Å². The Morgan fingerprint density at radius 3 is 2.69 bits per heavy atom. The Hall–Kier alpha value is -1.20. The summed E-state index contributed by atoms with van der Waals surface area (Å²) in [4.78, 5) is 10.2. The highest BCUT2D eigenvalue weighted by Crippen LogP contribution is 2.19. The molecule has 0 amide bonds. The molecule has 146 valence electrons. The third-order valence-corrected chi connectivity index (χ3v) is 5.00. The molecule has 9 heteroatoms. The molecule has 1 atom stereocenters. The molecule has 26 heavy (non-hydrogen) atoms. The molecule has 0 radical (unpaired) electrons. The summed E-state index contributed by atoms with van der Waals surface area (Å²) in [5, 5.41) is 22.4. The van der Waals surface area contributed by atoms with Crippen LogP contribution in [0.15, 0.2) is 23.6 Å². The number of guanidine groups is 1. The Bertz CT molecular complexity index is 697. The number of rotatable bonds is 8. The van der Waals surface area contributed by atoms with Crippen molar-refractivity contribution in [3.05, 3.63) is 34.0 Å². The first-order chi connectivity index (χ1) is 11.9. The van der Waals surface area contributed by atoms with Crippen LogP contribution in [0.4, 0.5) is 0 Å². The van der Waals surface area contributed by atoms with E-state index in [1.807, 2.05) is 26.4 Å². The van der Waals surface area contributed by atoms with E-state index in [0.717, 1.165) is 36.5 Å². The van der Waals surface area contributed by atoms with Crippen LogP contribution in [0, 0.1) is 0 Å². The van der Waals surface area contributed by atoms with E-state index in [-0.39, 0.29) is 30.5 Å². The lowest BCUT2D eigenvalue weighted by Crippen LogP contribution is -2.39. The Morgan fingerprint density at radius 2 is 2.12 bits per heavy atom. The molecule has 2 rings (SSSR count). The zero-order valence-corrected chi connectivity index (χ0v) is 19.0. The lowest BCUT2D eigenvalue weighted by molar-refractivity contribution is 0.0672. The number of aryl methyl sites for hydroxylation is 2. The third-order valence-electron chi connectivity index (χ3n) is 3.80. The van der Waals surface area contributed by atoms with Gasteiger partial charge in [0.05, 0.1) is 17.7 Å². The Labute approximate surface area is 176 Å². The van der Waals surface area contributed by atoms with E-state index < -0.39 is 5.60 Å². The van der Waals surface area contributed by atoms with Crippen molar-refractivity contribution >= 4 is 41.3 Å². The molecule has 1 unspecified atom stereocenters. The molecule has 0 bridgehead atoms. The minimum atomic E-state index is -1.05. The first-order valence-corrected chi connectivity index (χ1v) is 9.43. The molecule has 0 aromatic carbocycles. The SMILES string of the molecule is CCNC(=NCC(C)(O)c1cnn(C)c1)NCCc1ncc(CC)s1.I. The fourth-order valence-electron chi connectivity index (χ4n) is 2.28. The van der Waals surface area contributed by atoms with Crippen LogP contribution in [0.2, 0.25) is 0 Å². The summed E-state index contributed by atoms with van der Waals surface area (Å²) in [7, 11) is 1.83. The standard InChI is InChI=1S/C17H28N6OS.HI/c1-5-14-10-20-15(25-14)7-8-19-16(18-6-2)21-12-17(3,24)13-9-22-23(4)11-13;/h9-11,24H,5-8,12H2,1-4H3,(H2,18,19,21);1H. The Morgan fingerprint density at radius 1 is 1.35 bits per heavy atom. The minimum absolute atomic E-state index is 0. The molecule has 0 saturated carbocycles. The summed E-state index contributed by atoms with van der Waals surface area (Å²) < 4.78 is 1.68. The maximum atomic E-state index is 10.6. The van der Waals surface area contributed by atoms with E-state index in [1.54, 1.807) is 29.1 Å². The van der Waals surface area contributed by atoms with Gasteiger partial charge in [-0.1, -0.05) is 6.92 Å². The van der Waals surface area contributed by atoms with E-state index >= 15 is 0 Å². The average molecular weight is 492 g/mol. The van der Waals surface area contributed by atoms with Crippen molar-refractivity contribution < 1.29 is 5.11 Å². The molecule has 3 N–H and O–H groups in total. The molecule has 0 aliphatic heterocycles. The molecule has 0 fully saturated rings. The van der Waals surface area contributed by atoms with Gasteiger partial charge in [0.2, 0.25) is 0 Å². The number of nitrogens with one attached hydrogen (secondary N) is 2. The number of hydrogen-bond acceptors (Lipinski definition) is 5. The van der Waals surface area contributed by atoms with Crippen LogP contribution in [0.3, 0.4) is 0 Å². The number of hydrogen-bond donors (Lipinski definition) is 3. The normalized spacial score (nSPS) is 13.8. The Kier molecular flexibility index (Phi) is 9.51. The monoisotopic (exact) mass is 492 g/mol. The van der Waals surface area contributed by atoms with Crippen LogP contribution in [0.5, 0.6) is 0 Å². The van der Waals surface area contributed by atoms with Crippen molar-refractivity contribution in [2.24, 2.45) is 12.0 Å². The zero-order valence-electron chi connectivity index (χ0n) is 15.8. The van der Waals surface area contributed by atoms with Gasteiger partial charge in [0, 0.05) is 49.4 Å². The van der Waals surface area contributed by atoms with E-state index in [4.69, 9.17) is 0 Å². The molecule has 0 saturated heterocycles. The average Bonchev–Trinajstić information content (AvgIpc) is 3.22. The van der Waals surface area contributed by atoms with Crippen LogP contribution in [0.25, 0.3) is 0 Å². The number of halogens is 1. The molecule has 2 aromatic rings. The van der Waals surface area contributed by atoms with E-state index in [9.17, 15) is 5.11 Å². The van der Waals surface area contributed by atoms with E-state index in [2.05, 4.69) is 32.6 Å². The molecule has 2 aromatic heterocycles. The smallest absolute Gasteiger partial charge is 0.191 e. The van der Waals surface area contributed by atoms with Crippen molar-refractivity contribution in [1.29, 1.82) is 0 Å². The highest BCUT2D eigenvalue weighted by Gasteiger charge is 2.24. The molecule has 0 aliphatic carbocycles. The first-order valence-electron chi connectivity index (χ1n) is 8.62. The fourth-order valence-corrected chi connectivity index (χ4v) is 3.14. The van der Waals surface area contributed by atoms with Gasteiger partial charge in [0.25, 0.3) is 0 Å². The van der Waals surface area contributed by atoms with Gasteiger partial charge < -0.3 is 15.7 Å². The number of aliphatic hydroxyl groups is 1. The number of aromatic nitrogens is 3. The van der Waals surface area contributed by atoms with Gasteiger partial charge in [-0.05, 0) is 20.3 Å². The van der Waals surface area contributed by atoms with Crippen LogP contribution < -0.4 is 10.6 Å². The van der Waals surface area contributed by atoms with Crippen molar-refractivity contribution in [1.82, 2.24) is 25.4 Å². The summed E-state index contributed by atoms with van der Waals surface area (Å²) in [6.07, 6.45) is 7.31. The van der Waals surface area contributed by atoms with Gasteiger partial charge in [0.1, 0.15) is 5.60 Å². The summed E-state index contributed by atoms with van der Waals surface area (Å²) in [5.41, 5.74) is -0.299. The van der Waals surface area contributed by atoms with Crippen molar-refractivity contribution in [2.75, 3.05) is 19.6 Å². The van der Waals surface area contributed by atoms with Crippen LogP contribution in [0.1, 0.15) is 36.2 Å². The zero-order chi connectivity index (χ0) is 18.3. The second kappa shape index (κ2) is 10.8. The molecule has 7 nitrogen and oxygen atoms in total. The van der Waals surface area contributed by atoms with E-state index in [1.165, 1.54) is 4.88 Å². The number of nitrogens with zero attached hydrogens (tertiary/aromatic N) is 4. The van der Waals surface area contributed by atoms with Gasteiger partial charge >= 0.3 is 0 Å². The third kappa shape index (κ3) is 6.84. The van der Waals surface area contributed by atoms with Crippen LogP contribution in [-0.2, 0) is 25.5 Å². The maximum absolute atomic E-state index is 10.6. The molecule has 2 heterocycles.